The molecular formula is C22H17N7. The molecule has 1 aliphatic rings. The monoisotopic (exact) mass is 379 g/mol. The molecule has 1 aliphatic carbocycles. The number of pyridine rings is 1. The van der Waals surface area contributed by atoms with Gasteiger partial charge < -0.3 is 5.73 Å². The third-order valence-electron chi connectivity index (χ3n) is 4.89. The number of nitrogens with two attached hydrogens (primary N) is 1. The van der Waals surface area contributed by atoms with Crippen molar-refractivity contribution in [2.24, 2.45) is 0 Å². The van der Waals surface area contributed by atoms with E-state index in [0.29, 0.717) is 11.5 Å². The number of aryl methyl sites for hydroxylation is 1. The molecule has 29 heavy (non-hydrogen) atoms. The fraction of sp³-hybridized carbons (Fsp3) is 0.136. The lowest BCUT2D eigenvalue weighted by Crippen LogP contribution is -2.04. The van der Waals surface area contributed by atoms with Crippen LogP contribution in [0.5, 0.6) is 0 Å². The second kappa shape index (κ2) is 7.17. The van der Waals surface area contributed by atoms with Gasteiger partial charge in [0.15, 0.2) is 0 Å². The maximum Gasteiger partial charge on any atom is 0.219 e. The highest BCUT2D eigenvalue weighted by atomic mass is 15.5. The van der Waals surface area contributed by atoms with Crippen molar-refractivity contribution in [1.29, 1.82) is 0 Å². The number of nitrogens with zero attached hydrogens (tertiary/aromatic N) is 6. The first-order chi connectivity index (χ1) is 14.3. The van der Waals surface area contributed by atoms with E-state index in [1.54, 1.807) is 29.6 Å². The normalized spacial score (nSPS) is 14.8. The number of benzene rings is 1. The Labute approximate surface area is 167 Å². The minimum Gasteiger partial charge on any atom is -0.368 e. The number of hydrogen-bond donors (Lipinski definition) is 1. The van der Waals surface area contributed by atoms with Gasteiger partial charge in [0.2, 0.25) is 5.95 Å². The predicted octanol–water partition coefficient (Wildman–Crippen LogP) is 2.51. The summed E-state index contributed by atoms with van der Waals surface area (Å²) in [6, 6.07) is 12.4. The SMILES string of the molecule is Nc1ncc(C#Cc2cncc(-n3nc4c(n3)[C@@H](c3ccccc3)CC4)c2)cn1. The molecule has 0 radical (unpaired) electrons. The summed E-state index contributed by atoms with van der Waals surface area (Å²) in [6.45, 7) is 0. The smallest absolute Gasteiger partial charge is 0.219 e. The molecule has 1 aromatic carbocycles. The second-order valence-electron chi connectivity index (χ2n) is 6.84. The Morgan fingerprint density at radius 1 is 0.931 bits per heavy atom. The Morgan fingerprint density at radius 2 is 1.72 bits per heavy atom. The molecule has 7 heteroatoms. The summed E-state index contributed by atoms with van der Waals surface area (Å²) in [5.41, 5.74) is 11.1. The Morgan fingerprint density at radius 3 is 2.55 bits per heavy atom. The zero-order valence-electron chi connectivity index (χ0n) is 15.5. The molecule has 0 bridgehead atoms. The summed E-state index contributed by atoms with van der Waals surface area (Å²) >= 11 is 0. The van der Waals surface area contributed by atoms with E-state index in [1.165, 1.54) is 5.56 Å². The summed E-state index contributed by atoms with van der Waals surface area (Å²) < 4.78 is 0. The topological polar surface area (TPSA) is 95.4 Å². The fourth-order valence-electron chi connectivity index (χ4n) is 3.49. The van der Waals surface area contributed by atoms with Gasteiger partial charge in [0.25, 0.3) is 0 Å². The molecule has 1 atom stereocenters. The lowest BCUT2D eigenvalue weighted by Gasteiger charge is -2.09. The summed E-state index contributed by atoms with van der Waals surface area (Å²) in [5, 5.41) is 9.46. The first kappa shape index (κ1) is 17.1. The zero-order chi connectivity index (χ0) is 19.6. The molecule has 0 saturated heterocycles. The molecule has 3 aromatic heterocycles. The maximum absolute atomic E-state index is 5.50. The van der Waals surface area contributed by atoms with Crippen molar-refractivity contribution in [3.05, 3.63) is 89.3 Å². The first-order valence-electron chi connectivity index (χ1n) is 9.32. The number of rotatable bonds is 2. The molecule has 0 spiro atoms. The molecule has 7 nitrogen and oxygen atoms in total. The Kier molecular flexibility index (Phi) is 4.22. The highest BCUT2D eigenvalue weighted by molar-refractivity contribution is 5.45. The van der Waals surface area contributed by atoms with E-state index in [1.807, 2.05) is 12.1 Å². The van der Waals surface area contributed by atoms with E-state index in [-0.39, 0.29) is 5.95 Å². The van der Waals surface area contributed by atoms with Gasteiger partial charge in [0.05, 0.1) is 23.1 Å². The van der Waals surface area contributed by atoms with Gasteiger partial charge in [-0.3, -0.25) is 4.98 Å². The third kappa shape index (κ3) is 3.44. The Balaban J connectivity index is 1.43. The number of aromatic nitrogens is 6. The van der Waals surface area contributed by atoms with E-state index in [2.05, 4.69) is 56.2 Å². The number of hydrogen-bond acceptors (Lipinski definition) is 6. The molecule has 0 fully saturated rings. The highest BCUT2D eigenvalue weighted by Crippen LogP contribution is 2.36. The molecule has 5 rings (SSSR count). The van der Waals surface area contributed by atoms with Crippen molar-refractivity contribution in [3.63, 3.8) is 0 Å². The summed E-state index contributed by atoms with van der Waals surface area (Å²) in [5.74, 6) is 6.61. The van der Waals surface area contributed by atoms with Crippen LogP contribution in [0.3, 0.4) is 0 Å². The number of anilines is 1. The van der Waals surface area contributed by atoms with Gasteiger partial charge in [-0.2, -0.15) is 10.2 Å². The zero-order valence-corrected chi connectivity index (χ0v) is 15.5. The van der Waals surface area contributed by atoms with E-state index in [0.717, 1.165) is 35.5 Å². The van der Waals surface area contributed by atoms with Crippen LogP contribution in [-0.4, -0.2) is 29.9 Å². The van der Waals surface area contributed by atoms with Gasteiger partial charge in [-0.05, 0) is 24.5 Å². The summed E-state index contributed by atoms with van der Waals surface area (Å²) in [6.07, 6.45) is 8.61. The van der Waals surface area contributed by atoms with Crippen molar-refractivity contribution < 1.29 is 0 Å². The standard InChI is InChI=1S/C22H17N7/c23-22-25-12-16(13-26-22)7-6-15-10-18(14-24-11-15)29-27-20-9-8-19(21(20)28-29)17-4-2-1-3-5-17/h1-5,10-14,19H,8-9H2,(H2,23,25,26)/t19-/m1/s1. The lowest BCUT2D eigenvalue weighted by atomic mass is 9.97. The molecular weight excluding hydrogens is 362 g/mol. The summed E-state index contributed by atoms with van der Waals surface area (Å²) in [4.78, 5) is 13.8. The van der Waals surface area contributed by atoms with Gasteiger partial charge in [-0.25, -0.2) is 9.97 Å². The van der Waals surface area contributed by atoms with Crippen molar-refractivity contribution in [2.75, 3.05) is 5.73 Å². The highest BCUT2D eigenvalue weighted by Gasteiger charge is 2.29. The molecule has 2 N–H and O–H groups in total. The van der Waals surface area contributed by atoms with Crippen molar-refractivity contribution in [2.45, 2.75) is 18.8 Å². The van der Waals surface area contributed by atoms with Gasteiger partial charge in [0, 0.05) is 30.1 Å². The first-order valence-corrected chi connectivity index (χ1v) is 9.32. The van der Waals surface area contributed by atoms with Crippen LogP contribution in [0.1, 0.15) is 40.4 Å². The molecule has 4 aromatic rings. The van der Waals surface area contributed by atoms with E-state index in [4.69, 9.17) is 10.8 Å². The van der Waals surface area contributed by atoms with Gasteiger partial charge in [-0.15, -0.1) is 4.80 Å². The van der Waals surface area contributed by atoms with E-state index < -0.39 is 0 Å². The van der Waals surface area contributed by atoms with Crippen molar-refractivity contribution in [1.82, 2.24) is 29.9 Å². The average molecular weight is 379 g/mol. The summed E-state index contributed by atoms with van der Waals surface area (Å²) in [7, 11) is 0. The third-order valence-corrected chi connectivity index (χ3v) is 4.89. The van der Waals surface area contributed by atoms with Crippen LogP contribution in [0.2, 0.25) is 0 Å². The maximum atomic E-state index is 5.50. The average Bonchev–Trinajstić information content (AvgIpc) is 3.35. The second-order valence-corrected chi connectivity index (χ2v) is 6.84. The largest absolute Gasteiger partial charge is 0.368 e. The molecule has 140 valence electrons. The van der Waals surface area contributed by atoms with Crippen LogP contribution >= 0.6 is 0 Å². The van der Waals surface area contributed by atoms with E-state index >= 15 is 0 Å². The molecule has 0 amide bonds. The van der Waals surface area contributed by atoms with Crippen LogP contribution in [0, 0.1) is 11.8 Å². The minimum absolute atomic E-state index is 0.228. The minimum atomic E-state index is 0.228. The molecule has 3 heterocycles. The van der Waals surface area contributed by atoms with Crippen LogP contribution in [-0.2, 0) is 6.42 Å². The quantitative estimate of drug-likeness (QED) is 0.538. The van der Waals surface area contributed by atoms with Crippen LogP contribution in [0.25, 0.3) is 5.69 Å². The van der Waals surface area contributed by atoms with Crippen molar-refractivity contribution >= 4 is 5.95 Å². The van der Waals surface area contributed by atoms with E-state index in [9.17, 15) is 0 Å². The van der Waals surface area contributed by atoms with Gasteiger partial charge in [-0.1, -0.05) is 42.2 Å². The lowest BCUT2D eigenvalue weighted by molar-refractivity contribution is 0.669. The van der Waals surface area contributed by atoms with Crippen LogP contribution in [0.4, 0.5) is 5.95 Å². The van der Waals surface area contributed by atoms with Gasteiger partial charge in [0.1, 0.15) is 5.69 Å². The Hall–Kier alpha value is -4.05. The Bertz CT molecular complexity index is 1220. The molecule has 0 saturated carbocycles. The van der Waals surface area contributed by atoms with Crippen LogP contribution < -0.4 is 5.73 Å². The number of nitrogen functional groups attached to an aromatic ring is 1. The van der Waals surface area contributed by atoms with Gasteiger partial charge >= 0.3 is 0 Å². The predicted molar refractivity (Wildman–Crippen MR) is 108 cm³/mol. The molecule has 0 aliphatic heterocycles. The molecule has 0 unspecified atom stereocenters. The number of fused-ring (bicyclic) bond motifs is 1. The fourth-order valence-corrected chi connectivity index (χ4v) is 3.49. The van der Waals surface area contributed by atoms with Crippen LogP contribution in [0.15, 0.2) is 61.2 Å². The van der Waals surface area contributed by atoms with Crippen molar-refractivity contribution in [3.8, 4) is 17.5 Å².